The molecule has 3 aromatic carbocycles. The molecule has 0 aliphatic carbocycles. The average Bonchev–Trinajstić information content (AvgIpc) is 3.18. The van der Waals surface area contributed by atoms with Crippen molar-refractivity contribution in [2.75, 3.05) is 11.5 Å². The first kappa shape index (κ1) is 17.7. The molecule has 144 valence electrons. The molecule has 1 amide bonds. The molecule has 0 radical (unpaired) electrons. The van der Waals surface area contributed by atoms with Crippen LogP contribution in [-0.4, -0.2) is 23.6 Å². The number of para-hydroxylation sites is 4. The van der Waals surface area contributed by atoms with Crippen molar-refractivity contribution in [2.45, 2.75) is 13.0 Å². The van der Waals surface area contributed by atoms with Crippen LogP contribution in [0.25, 0.3) is 10.2 Å². The molecule has 0 spiro atoms. The van der Waals surface area contributed by atoms with Gasteiger partial charge in [0, 0.05) is 0 Å². The van der Waals surface area contributed by atoms with E-state index in [1.165, 1.54) is 11.3 Å². The first-order valence-electron chi connectivity index (χ1n) is 9.34. The Balaban J connectivity index is 1.57. The van der Waals surface area contributed by atoms with Gasteiger partial charge in [0.15, 0.2) is 16.6 Å². The maximum Gasteiger partial charge on any atom is 0.278 e. The van der Waals surface area contributed by atoms with Gasteiger partial charge < -0.3 is 9.47 Å². The Kier molecular flexibility index (Phi) is 4.41. The molecule has 1 aromatic heterocycles. The summed E-state index contributed by atoms with van der Waals surface area (Å²) in [7, 11) is 0. The van der Waals surface area contributed by atoms with Gasteiger partial charge in [0.2, 0.25) is 6.10 Å². The van der Waals surface area contributed by atoms with Crippen LogP contribution in [0.5, 0.6) is 11.5 Å². The number of ether oxygens (including phenoxy) is 2. The van der Waals surface area contributed by atoms with Crippen LogP contribution in [0.1, 0.15) is 5.56 Å². The van der Waals surface area contributed by atoms with Crippen molar-refractivity contribution in [1.82, 2.24) is 4.98 Å². The molecule has 1 atom stereocenters. The van der Waals surface area contributed by atoms with Crippen LogP contribution in [0.2, 0.25) is 0 Å². The molecule has 1 aliphatic heterocycles. The Labute approximate surface area is 172 Å². The third-order valence-corrected chi connectivity index (χ3v) is 5.86. The zero-order valence-corrected chi connectivity index (χ0v) is 16.6. The second kappa shape index (κ2) is 7.22. The van der Waals surface area contributed by atoms with Crippen LogP contribution < -0.4 is 14.4 Å². The number of amides is 1. The molecule has 2 heterocycles. The molecule has 0 saturated carbocycles. The molecule has 1 aliphatic rings. The van der Waals surface area contributed by atoms with Crippen LogP contribution in [0.4, 0.5) is 10.8 Å². The van der Waals surface area contributed by atoms with Crippen LogP contribution in [0, 0.1) is 6.92 Å². The Hall–Kier alpha value is -3.38. The van der Waals surface area contributed by atoms with Gasteiger partial charge in [-0.25, -0.2) is 4.98 Å². The molecule has 0 N–H and O–H groups in total. The molecule has 4 aromatic rings. The van der Waals surface area contributed by atoms with Gasteiger partial charge in [-0.2, -0.15) is 0 Å². The van der Waals surface area contributed by atoms with Crippen LogP contribution in [-0.2, 0) is 4.79 Å². The monoisotopic (exact) mass is 402 g/mol. The van der Waals surface area contributed by atoms with Crippen molar-refractivity contribution >= 4 is 38.3 Å². The van der Waals surface area contributed by atoms with Gasteiger partial charge in [0.1, 0.15) is 6.61 Å². The van der Waals surface area contributed by atoms with E-state index in [1.54, 1.807) is 4.90 Å². The van der Waals surface area contributed by atoms with E-state index in [9.17, 15) is 4.79 Å². The predicted octanol–water partition coefficient (Wildman–Crippen LogP) is 5.11. The summed E-state index contributed by atoms with van der Waals surface area (Å²) in [6.07, 6.45) is -0.753. The van der Waals surface area contributed by atoms with Crippen molar-refractivity contribution in [1.29, 1.82) is 0 Å². The van der Waals surface area contributed by atoms with Crippen LogP contribution in [0.15, 0.2) is 72.8 Å². The van der Waals surface area contributed by atoms with E-state index in [4.69, 9.17) is 14.5 Å². The quantitative estimate of drug-likeness (QED) is 0.478. The van der Waals surface area contributed by atoms with Gasteiger partial charge in [-0.15, -0.1) is 0 Å². The molecule has 1 unspecified atom stereocenters. The third-order valence-electron chi connectivity index (χ3n) is 4.83. The lowest BCUT2D eigenvalue weighted by atomic mass is 10.1. The fourth-order valence-corrected chi connectivity index (χ4v) is 4.36. The lowest BCUT2D eigenvalue weighted by Gasteiger charge is -2.30. The number of hydrogen-bond donors (Lipinski definition) is 0. The van der Waals surface area contributed by atoms with Gasteiger partial charge in [0.05, 0.1) is 15.9 Å². The second-order valence-electron chi connectivity index (χ2n) is 6.79. The normalized spacial score (nSPS) is 15.3. The minimum atomic E-state index is -0.753. The number of anilines is 2. The number of fused-ring (bicyclic) bond motifs is 2. The molecule has 5 nitrogen and oxygen atoms in total. The standard InChI is InChI=1S/C23H18N2O3S/c1-15-8-2-4-10-17(15)25(23-24-16-9-3-7-13-21(16)29-23)22(26)20-14-27-18-11-5-6-12-19(18)28-20/h2-13,20H,14H2,1H3. The van der Waals surface area contributed by atoms with Crippen molar-refractivity contribution < 1.29 is 14.3 Å². The summed E-state index contributed by atoms with van der Waals surface area (Å²) in [5.41, 5.74) is 2.64. The largest absolute Gasteiger partial charge is 0.485 e. The Morgan fingerprint density at radius 1 is 1.00 bits per heavy atom. The SMILES string of the molecule is Cc1ccccc1N(C(=O)C1COc2ccccc2O1)c1nc2ccccc2s1. The smallest absolute Gasteiger partial charge is 0.278 e. The van der Waals surface area contributed by atoms with E-state index in [1.807, 2.05) is 79.7 Å². The van der Waals surface area contributed by atoms with Crippen LogP contribution in [0.3, 0.4) is 0 Å². The Morgan fingerprint density at radius 3 is 2.55 bits per heavy atom. The second-order valence-corrected chi connectivity index (χ2v) is 7.80. The number of hydrogen-bond acceptors (Lipinski definition) is 5. The molecule has 0 bridgehead atoms. The third kappa shape index (κ3) is 3.21. The predicted molar refractivity (Wildman–Crippen MR) is 114 cm³/mol. The number of aromatic nitrogens is 1. The average molecular weight is 402 g/mol. The molecule has 29 heavy (non-hydrogen) atoms. The van der Waals surface area contributed by atoms with E-state index >= 15 is 0 Å². The lowest BCUT2D eigenvalue weighted by molar-refractivity contribution is -0.126. The Bertz CT molecular complexity index is 1170. The van der Waals surface area contributed by atoms with Crippen molar-refractivity contribution in [2.24, 2.45) is 0 Å². The summed E-state index contributed by atoms with van der Waals surface area (Å²) >= 11 is 1.48. The summed E-state index contributed by atoms with van der Waals surface area (Å²) in [4.78, 5) is 20.0. The first-order valence-corrected chi connectivity index (χ1v) is 10.2. The van der Waals surface area contributed by atoms with Crippen molar-refractivity contribution in [3.05, 3.63) is 78.4 Å². The van der Waals surface area contributed by atoms with Crippen molar-refractivity contribution in [3.63, 3.8) is 0 Å². The first-order chi connectivity index (χ1) is 14.2. The molecular weight excluding hydrogens is 384 g/mol. The topological polar surface area (TPSA) is 51.7 Å². The lowest BCUT2D eigenvalue weighted by Crippen LogP contribution is -2.44. The summed E-state index contributed by atoms with van der Waals surface area (Å²) in [5, 5.41) is 0.618. The van der Waals surface area contributed by atoms with E-state index in [0.717, 1.165) is 21.5 Å². The molecule has 5 rings (SSSR count). The summed E-state index contributed by atoms with van der Waals surface area (Å²) in [6, 6.07) is 23.0. The highest BCUT2D eigenvalue weighted by Crippen LogP contribution is 2.37. The molecule has 0 fully saturated rings. The highest BCUT2D eigenvalue weighted by molar-refractivity contribution is 7.22. The van der Waals surface area contributed by atoms with E-state index < -0.39 is 6.10 Å². The number of thiazole rings is 1. The molecular formula is C23H18N2O3S. The zero-order chi connectivity index (χ0) is 19.8. The maximum absolute atomic E-state index is 13.6. The van der Waals surface area contributed by atoms with Gasteiger partial charge in [-0.1, -0.05) is 53.8 Å². The highest BCUT2D eigenvalue weighted by Gasteiger charge is 2.34. The van der Waals surface area contributed by atoms with Gasteiger partial charge in [-0.3, -0.25) is 9.69 Å². The number of nitrogens with zero attached hydrogens (tertiary/aromatic N) is 2. The van der Waals surface area contributed by atoms with E-state index in [0.29, 0.717) is 16.6 Å². The minimum absolute atomic E-state index is 0.156. The van der Waals surface area contributed by atoms with E-state index in [2.05, 4.69) is 0 Å². The highest BCUT2D eigenvalue weighted by atomic mass is 32.1. The van der Waals surface area contributed by atoms with Gasteiger partial charge in [0.25, 0.3) is 5.91 Å². The van der Waals surface area contributed by atoms with Crippen LogP contribution >= 0.6 is 11.3 Å². The number of aryl methyl sites for hydroxylation is 1. The fourth-order valence-electron chi connectivity index (χ4n) is 3.37. The summed E-state index contributed by atoms with van der Waals surface area (Å²) in [5.74, 6) is 1.03. The number of rotatable bonds is 3. The fraction of sp³-hybridized carbons (Fsp3) is 0.130. The molecule has 6 heteroatoms. The summed E-state index contributed by atoms with van der Waals surface area (Å²) < 4.78 is 12.8. The maximum atomic E-state index is 13.6. The number of carbonyl (C=O) groups excluding carboxylic acids is 1. The van der Waals surface area contributed by atoms with E-state index in [-0.39, 0.29) is 12.5 Å². The number of benzene rings is 3. The number of carbonyl (C=O) groups is 1. The van der Waals surface area contributed by atoms with Crippen molar-refractivity contribution in [3.8, 4) is 11.5 Å². The minimum Gasteiger partial charge on any atom is -0.485 e. The van der Waals surface area contributed by atoms with Gasteiger partial charge >= 0.3 is 0 Å². The van der Waals surface area contributed by atoms with Gasteiger partial charge in [-0.05, 0) is 42.8 Å². The molecule has 0 saturated heterocycles. The summed E-state index contributed by atoms with van der Waals surface area (Å²) in [6.45, 7) is 2.14. The Morgan fingerprint density at radius 2 is 1.72 bits per heavy atom. The zero-order valence-electron chi connectivity index (χ0n) is 15.7.